The first-order valence-electron chi connectivity index (χ1n) is 10.8. The van der Waals surface area contributed by atoms with Crippen LogP contribution in [0.1, 0.15) is 24.8 Å². The van der Waals surface area contributed by atoms with Crippen LogP contribution in [0.4, 0.5) is 19.3 Å². The van der Waals surface area contributed by atoms with Gasteiger partial charge in [0.15, 0.2) is 11.5 Å². The molecule has 0 radical (unpaired) electrons. The first-order chi connectivity index (χ1) is 15.3. The minimum Gasteiger partial charge on any atom is -0.493 e. The van der Waals surface area contributed by atoms with Crippen LogP contribution in [0.25, 0.3) is 0 Å². The molecule has 2 N–H and O–H groups in total. The normalized spacial score (nSPS) is 25.2. The Kier molecular flexibility index (Phi) is 6.24. The predicted molar refractivity (Wildman–Crippen MR) is 118 cm³/mol. The van der Waals surface area contributed by atoms with Gasteiger partial charge in [0.05, 0.1) is 19.9 Å². The molecule has 2 aliphatic rings. The van der Waals surface area contributed by atoms with Crippen molar-refractivity contribution in [1.29, 1.82) is 0 Å². The average Bonchev–Trinajstić information content (AvgIpc) is 3.12. The van der Waals surface area contributed by atoms with Crippen LogP contribution >= 0.6 is 0 Å². The van der Waals surface area contributed by atoms with Gasteiger partial charge in [0.2, 0.25) is 0 Å². The molecule has 0 bridgehead atoms. The summed E-state index contributed by atoms with van der Waals surface area (Å²) in [6.45, 7) is 1.85. The van der Waals surface area contributed by atoms with Crippen molar-refractivity contribution < 1.29 is 23.0 Å². The zero-order valence-corrected chi connectivity index (χ0v) is 18.6. The number of likely N-dealkylation sites (N-methyl/N-ethyl adjacent to an activating group) is 1. The maximum absolute atomic E-state index is 13.8. The van der Waals surface area contributed by atoms with Crippen molar-refractivity contribution in [1.82, 2.24) is 10.2 Å². The number of carbonyl (C=O) groups excluding carboxylic acids is 1. The van der Waals surface area contributed by atoms with E-state index in [4.69, 9.17) is 9.47 Å². The van der Waals surface area contributed by atoms with Gasteiger partial charge in [-0.15, -0.1) is 0 Å². The number of hydrogen-bond acceptors (Lipinski definition) is 4. The lowest BCUT2D eigenvalue weighted by molar-refractivity contribution is 0.197. The number of hydrogen-bond donors (Lipinski definition) is 2. The number of anilines is 1. The zero-order valence-electron chi connectivity index (χ0n) is 18.6. The van der Waals surface area contributed by atoms with E-state index in [0.29, 0.717) is 17.4 Å². The number of nitrogens with zero attached hydrogens (tertiary/aromatic N) is 1. The van der Waals surface area contributed by atoms with Gasteiger partial charge in [0.25, 0.3) is 0 Å². The molecular weight excluding hydrogens is 416 g/mol. The number of benzene rings is 2. The molecule has 172 valence electrons. The third-order valence-corrected chi connectivity index (χ3v) is 6.84. The zero-order chi connectivity index (χ0) is 22.9. The van der Waals surface area contributed by atoms with Crippen LogP contribution in [0.3, 0.4) is 0 Å². The fourth-order valence-corrected chi connectivity index (χ4v) is 5.39. The summed E-state index contributed by atoms with van der Waals surface area (Å²) in [4.78, 5) is 14.8. The minimum absolute atomic E-state index is 0.0301. The predicted octanol–water partition coefficient (Wildman–Crippen LogP) is 4.16. The summed E-state index contributed by atoms with van der Waals surface area (Å²) in [5.41, 5.74) is 1.02. The molecule has 3 atom stereocenters. The van der Waals surface area contributed by atoms with Crippen LogP contribution in [-0.4, -0.2) is 51.3 Å². The second kappa shape index (κ2) is 8.94. The monoisotopic (exact) mass is 445 g/mol. The topological polar surface area (TPSA) is 62.8 Å². The van der Waals surface area contributed by atoms with E-state index in [9.17, 15) is 13.6 Å². The number of nitrogens with one attached hydrogen (secondary N) is 2. The van der Waals surface area contributed by atoms with Gasteiger partial charge in [0.1, 0.15) is 11.6 Å². The second-order valence-electron chi connectivity index (χ2n) is 8.81. The highest BCUT2D eigenvalue weighted by Crippen LogP contribution is 2.49. The molecule has 1 saturated carbocycles. The Bertz CT molecular complexity index is 1000. The lowest BCUT2D eigenvalue weighted by Crippen LogP contribution is -2.48. The molecule has 2 amide bonds. The minimum atomic E-state index is -0.671. The molecule has 8 heteroatoms. The molecule has 2 fully saturated rings. The molecule has 1 saturated heterocycles. The van der Waals surface area contributed by atoms with Gasteiger partial charge in [-0.05, 0) is 62.1 Å². The van der Waals surface area contributed by atoms with Crippen molar-refractivity contribution in [3.63, 3.8) is 0 Å². The van der Waals surface area contributed by atoms with E-state index in [2.05, 4.69) is 34.7 Å². The van der Waals surface area contributed by atoms with Crippen LogP contribution in [0.2, 0.25) is 0 Å². The van der Waals surface area contributed by atoms with Gasteiger partial charge >= 0.3 is 6.03 Å². The number of amides is 2. The highest BCUT2D eigenvalue weighted by molar-refractivity contribution is 5.89. The summed E-state index contributed by atoms with van der Waals surface area (Å²) in [6.07, 6.45) is 2.49. The van der Waals surface area contributed by atoms with E-state index < -0.39 is 17.7 Å². The molecule has 0 aromatic heterocycles. The molecule has 32 heavy (non-hydrogen) atoms. The lowest BCUT2D eigenvalue weighted by Gasteiger charge is -2.42. The Morgan fingerprint density at radius 1 is 1.12 bits per heavy atom. The maximum Gasteiger partial charge on any atom is 0.319 e. The summed E-state index contributed by atoms with van der Waals surface area (Å²) < 4.78 is 38.2. The van der Waals surface area contributed by atoms with Crippen molar-refractivity contribution in [3.05, 3.63) is 53.6 Å². The summed E-state index contributed by atoms with van der Waals surface area (Å²) in [7, 11) is 5.38. The van der Waals surface area contributed by atoms with Gasteiger partial charge in [-0.3, -0.25) is 0 Å². The van der Waals surface area contributed by atoms with Gasteiger partial charge < -0.3 is 25.0 Å². The van der Waals surface area contributed by atoms with Crippen molar-refractivity contribution >= 4 is 11.7 Å². The molecule has 1 aliphatic carbocycles. The maximum atomic E-state index is 13.8. The standard InChI is InChI=1S/C24H29F2N3O3/c1-29-13-16-10-18(27-23(30)28-20-12-17(25)5-6-19(20)26)8-9-24(16,14-29)15-4-7-21(31-2)22(11-15)32-3/h4-7,11-12,16,18H,8-10,13-14H2,1-3H3,(H2,27,28,30). The van der Waals surface area contributed by atoms with Crippen molar-refractivity contribution in [3.8, 4) is 11.5 Å². The van der Waals surface area contributed by atoms with E-state index in [0.717, 1.165) is 50.6 Å². The summed E-state index contributed by atoms with van der Waals surface area (Å²) in [6, 6.07) is 8.55. The molecule has 2 aromatic carbocycles. The van der Waals surface area contributed by atoms with E-state index in [1.165, 1.54) is 5.56 Å². The Labute approximate surface area is 186 Å². The van der Waals surface area contributed by atoms with E-state index in [1.54, 1.807) is 14.2 Å². The molecular formula is C24H29F2N3O3. The number of halogens is 2. The highest BCUT2D eigenvalue weighted by Gasteiger charge is 2.50. The number of likely N-dealkylation sites (tertiary alicyclic amines) is 1. The molecule has 2 aromatic rings. The quantitative estimate of drug-likeness (QED) is 0.726. The molecule has 4 rings (SSSR count). The Morgan fingerprint density at radius 3 is 2.66 bits per heavy atom. The van der Waals surface area contributed by atoms with Crippen molar-refractivity contribution in [2.75, 3.05) is 39.7 Å². The van der Waals surface area contributed by atoms with Gasteiger partial charge in [-0.1, -0.05) is 6.07 Å². The molecule has 6 nitrogen and oxygen atoms in total. The molecule has 0 spiro atoms. The Hall–Kier alpha value is -2.87. The van der Waals surface area contributed by atoms with E-state index in [1.807, 2.05) is 6.07 Å². The average molecular weight is 446 g/mol. The van der Waals surface area contributed by atoms with E-state index >= 15 is 0 Å². The molecule has 1 heterocycles. The Morgan fingerprint density at radius 2 is 1.91 bits per heavy atom. The van der Waals surface area contributed by atoms with Crippen molar-refractivity contribution in [2.24, 2.45) is 5.92 Å². The van der Waals surface area contributed by atoms with Gasteiger partial charge in [-0.2, -0.15) is 0 Å². The first kappa shape index (κ1) is 22.3. The summed E-state index contributed by atoms with van der Waals surface area (Å²) in [5, 5.41) is 5.38. The number of fused-ring (bicyclic) bond motifs is 1. The van der Waals surface area contributed by atoms with Crippen LogP contribution in [0.15, 0.2) is 36.4 Å². The number of urea groups is 1. The molecule has 3 unspecified atom stereocenters. The fraction of sp³-hybridized carbons (Fsp3) is 0.458. The largest absolute Gasteiger partial charge is 0.493 e. The first-order valence-corrected chi connectivity index (χ1v) is 10.8. The van der Waals surface area contributed by atoms with Crippen LogP contribution < -0.4 is 20.1 Å². The van der Waals surface area contributed by atoms with Crippen LogP contribution in [-0.2, 0) is 5.41 Å². The Balaban J connectivity index is 1.48. The SMILES string of the molecule is COc1ccc(C23CCC(NC(=O)Nc4cc(F)ccc4F)CC2CN(C)C3)cc1OC. The number of ether oxygens (including phenoxy) is 2. The number of carbonyl (C=O) groups is 1. The lowest BCUT2D eigenvalue weighted by atomic mass is 9.63. The summed E-state index contributed by atoms with van der Waals surface area (Å²) in [5.74, 6) is 0.482. The summed E-state index contributed by atoms with van der Waals surface area (Å²) >= 11 is 0. The van der Waals surface area contributed by atoms with Crippen molar-refractivity contribution in [2.45, 2.75) is 30.7 Å². The van der Waals surface area contributed by atoms with Crippen LogP contribution in [0.5, 0.6) is 11.5 Å². The smallest absolute Gasteiger partial charge is 0.319 e. The number of rotatable bonds is 5. The second-order valence-corrected chi connectivity index (χ2v) is 8.81. The molecule has 1 aliphatic heterocycles. The third-order valence-electron chi connectivity index (χ3n) is 6.84. The third kappa shape index (κ3) is 4.24. The van der Waals surface area contributed by atoms with Gasteiger partial charge in [0, 0.05) is 30.6 Å². The van der Waals surface area contributed by atoms with Gasteiger partial charge in [-0.25, -0.2) is 13.6 Å². The highest BCUT2D eigenvalue weighted by atomic mass is 19.1. The van der Waals surface area contributed by atoms with Crippen LogP contribution in [0, 0.1) is 17.6 Å². The number of methoxy groups -OCH3 is 2. The van der Waals surface area contributed by atoms with E-state index in [-0.39, 0.29) is 17.1 Å². The fourth-order valence-electron chi connectivity index (χ4n) is 5.39.